The summed E-state index contributed by atoms with van der Waals surface area (Å²) in [5.41, 5.74) is 0. The number of nitrogens with zero attached hydrogens (tertiary/aromatic N) is 1. The van der Waals surface area contributed by atoms with E-state index in [0.29, 0.717) is 19.0 Å². The maximum Gasteiger partial charge on any atom is 0.317 e. The lowest BCUT2D eigenvalue weighted by atomic mass is 10.1. The van der Waals surface area contributed by atoms with E-state index >= 15 is 0 Å². The van der Waals surface area contributed by atoms with Gasteiger partial charge in [0.1, 0.15) is 0 Å². The number of sulfone groups is 1. The topological polar surface area (TPSA) is 78.5 Å². The molecule has 0 aromatic rings. The quantitative estimate of drug-likeness (QED) is 0.739. The number of rotatable bonds is 2. The van der Waals surface area contributed by atoms with Gasteiger partial charge in [-0.3, -0.25) is 0 Å². The number of hydrogen-bond donors (Lipinski definition) is 2. The predicted molar refractivity (Wildman–Crippen MR) is 73.8 cm³/mol. The van der Waals surface area contributed by atoms with Crippen molar-refractivity contribution >= 4 is 15.9 Å². The van der Waals surface area contributed by atoms with Crippen LogP contribution in [0.15, 0.2) is 0 Å². The molecule has 2 saturated heterocycles. The number of fused-ring (bicyclic) bond motifs is 1. The summed E-state index contributed by atoms with van der Waals surface area (Å²) in [6, 6.07) is -0.398. The van der Waals surface area contributed by atoms with Crippen LogP contribution in [0.25, 0.3) is 0 Å². The Morgan fingerprint density at radius 2 is 2.00 bits per heavy atom. The molecule has 0 saturated carbocycles. The van der Waals surface area contributed by atoms with Crippen LogP contribution in [0.5, 0.6) is 0 Å². The maximum absolute atomic E-state index is 12.3. The highest BCUT2D eigenvalue weighted by Crippen LogP contribution is 2.21. The van der Waals surface area contributed by atoms with Crippen molar-refractivity contribution in [2.75, 3.05) is 24.6 Å². The Morgan fingerprint density at radius 3 is 2.63 bits per heavy atom. The van der Waals surface area contributed by atoms with Gasteiger partial charge in [0.05, 0.1) is 17.5 Å². The van der Waals surface area contributed by atoms with Crippen LogP contribution in [0, 0.1) is 5.92 Å². The fourth-order valence-corrected chi connectivity index (χ4v) is 4.52. The molecule has 6 nitrogen and oxygen atoms in total. The molecule has 3 atom stereocenters. The Hall–Kier alpha value is -0.820. The molecule has 0 spiro atoms. The van der Waals surface area contributed by atoms with Gasteiger partial charge in [0, 0.05) is 25.2 Å². The van der Waals surface area contributed by atoms with Crippen molar-refractivity contribution in [1.82, 2.24) is 15.5 Å². The van der Waals surface area contributed by atoms with Crippen LogP contribution in [0.1, 0.15) is 20.8 Å². The minimum Gasteiger partial charge on any atom is -0.335 e. The molecule has 2 rings (SSSR count). The van der Waals surface area contributed by atoms with Crippen LogP contribution in [0.3, 0.4) is 0 Å². The highest BCUT2D eigenvalue weighted by atomic mass is 32.2. The van der Waals surface area contributed by atoms with Gasteiger partial charge in [-0.2, -0.15) is 0 Å². The lowest BCUT2D eigenvalue weighted by Crippen LogP contribution is -2.61. The zero-order valence-corrected chi connectivity index (χ0v) is 12.5. The summed E-state index contributed by atoms with van der Waals surface area (Å²) >= 11 is 0. The first-order chi connectivity index (χ1) is 8.80. The van der Waals surface area contributed by atoms with Crippen molar-refractivity contribution in [1.29, 1.82) is 0 Å². The summed E-state index contributed by atoms with van der Waals surface area (Å²) in [5.74, 6) is 0.574. The Morgan fingerprint density at radius 1 is 1.32 bits per heavy atom. The van der Waals surface area contributed by atoms with E-state index in [4.69, 9.17) is 0 Å². The summed E-state index contributed by atoms with van der Waals surface area (Å²) in [6.45, 7) is 7.28. The SMILES string of the molecule is CC(C)C(C)NC(=O)N1CCN[C@H]2CS(=O)(=O)C[C@H]21. The van der Waals surface area contributed by atoms with E-state index in [1.807, 2.05) is 20.8 Å². The number of carbonyl (C=O) groups is 1. The summed E-state index contributed by atoms with van der Waals surface area (Å²) in [6.07, 6.45) is 0. The molecule has 2 heterocycles. The van der Waals surface area contributed by atoms with Gasteiger partial charge < -0.3 is 15.5 Å². The van der Waals surface area contributed by atoms with E-state index in [1.54, 1.807) is 4.90 Å². The number of amides is 2. The minimum atomic E-state index is -3.02. The zero-order chi connectivity index (χ0) is 14.2. The van der Waals surface area contributed by atoms with Crippen LogP contribution in [-0.2, 0) is 9.84 Å². The fraction of sp³-hybridized carbons (Fsp3) is 0.917. The zero-order valence-electron chi connectivity index (χ0n) is 11.7. The van der Waals surface area contributed by atoms with Crippen molar-refractivity contribution in [2.45, 2.75) is 38.9 Å². The van der Waals surface area contributed by atoms with Crippen LogP contribution in [-0.4, -0.2) is 62.1 Å². The number of hydrogen-bond acceptors (Lipinski definition) is 4. The predicted octanol–water partition coefficient (Wildman–Crippen LogP) is -0.189. The average Bonchev–Trinajstić information content (AvgIpc) is 2.61. The van der Waals surface area contributed by atoms with E-state index in [1.165, 1.54) is 0 Å². The van der Waals surface area contributed by atoms with Crippen molar-refractivity contribution in [3.63, 3.8) is 0 Å². The third-order valence-electron chi connectivity index (χ3n) is 4.09. The first-order valence-corrected chi connectivity index (χ1v) is 8.63. The second-order valence-electron chi connectivity index (χ2n) is 5.88. The number of nitrogens with one attached hydrogen (secondary N) is 2. The molecular weight excluding hydrogens is 266 g/mol. The lowest BCUT2D eigenvalue weighted by Gasteiger charge is -2.38. The second-order valence-corrected chi connectivity index (χ2v) is 8.03. The molecule has 19 heavy (non-hydrogen) atoms. The third kappa shape index (κ3) is 3.20. The molecule has 7 heteroatoms. The molecule has 2 amide bonds. The largest absolute Gasteiger partial charge is 0.335 e. The van der Waals surface area contributed by atoms with Gasteiger partial charge in [-0.15, -0.1) is 0 Å². The fourth-order valence-electron chi connectivity index (χ4n) is 2.56. The molecule has 2 aliphatic heterocycles. The van der Waals surface area contributed by atoms with E-state index < -0.39 is 9.84 Å². The highest BCUT2D eigenvalue weighted by Gasteiger charge is 2.44. The first-order valence-electron chi connectivity index (χ1n) is 6.81. The van der Waals surface area contributed by atoms with Crippen molar-refractivity contribution in [3.8, 4) is 0 Å². The maximum atomic E-state index is 12.3. The van der Waals surface area contributed by atoms with Gasteiger partial charge in [-0.05, 0) is 12.8 Å². The molecule has 1 unspecified atom stereocenters. The molecule has 2 N–H and O–H groups in total. The molecule has 0 aromatic carbocycles. The van der Waals surface area contributed by atoms with Gasteiger partial charge in [-0.25, -0.2) is 13.2 Å². The Kier molecular flexibility index (Phi) is 4.06. The van der Waals surface area contributed by atoms with Gasteiger partial charge >= 0.3 is 6.03 Å². The molecule has 0 bridgehead atoms. The van der Waals surface area contributed by atoms with Crippen LogP contribution in [0.4, 0.5) is 4.79 Å². The Balaban J connectivity index is 2.05. The van der Waals surface area contributed by atoms with E-state index in [0.717, 1.165) is 0 Å². The lowest BCUT2D eigenvalue weighted by molar-refractivity contribution is 0.147. The summed E-state index contributed by atoms with van der Waals surface area (Å²) < 4.78 is 23.4. The summed E-state index contributed by atoms with van der Waals surface area (Å²) in [5, 5.41) is 6.15. The van der Waals surface area contributed by atoms with Crippen LogP contribution < -0.4 is 10.6 Å². The normalized spacial score (nSPS) is 31.1. The van der Waals surface area contributed by atoms with Gasteiger partial charge in [0.15, 0.2) is 9.84 Å². The third-order valence-corrected chi connectivity index (χ3v) is 5.81. The molecule has 110 valence electrons. The molecular formula is C12H23N3O3S. The molecule has 2 fully saturated rings. The smallest absolute Gasteiger partial charge is 0.317 e. The summed E-state index contributed by atoms with van der Waals surface area (Å²) in [4.78, 5) is 13.9. The van der Waals surface area contributed by atoms with Gasteiger partial charge in [0.2, 0.25) is 0 Å². The summed E-state index contributed by atoms with van der Waals surface area (Å²) in [7, 11) is -3.02. The molecule has 0 aromatic heterocycles. The number of carbonyl (C=O) groups excluding carboxylic acids is 1. The van der Waals surface area contributed by atoms with E-state index in [-0.39, 0.29) is 35.7 Å². The first kappa shape index (κ1) is 14.6. The average molecular weight is 289 g/mol. The standard InChI is InChI=1S/C12H23N3O3S/c1-8(2)9(3)14-12(16)15-5-4-13-10-6-19(17,18)7-11(10)15/h8-11,13H,4-7H2,1-3H3,(H,14,16)/t9?,10-,11+/m0/s1. The Bertz CT molecular complexity index is 449. The highest BCUT2D eigenvalue weighted by molar-refractivity contribution is 7.91. The van der Waals surface area contributed by atoms with Crippen molar-refractivity contribution in [3.05, 3.63) is 0 Å². The minimum absolute atomic E-state index is 0.0775. The Labute approximate surface area is 114 Å². The van der Waals surface area contributed by atoms with Gasteiger partial charge in [0.25, 0.3) is 0 Å². The van der Waals surface area contributed by atoms with E-state index in [2.05, 4.69) is 10.6 Å². The molecule has 0 aliphatic carbocycles. The second kappa shape index (κ2) is 5.28. The molecule has 2 aliphatic rings. The van der Waals surface area contributed by atoms with Crippen LogP contribution in [0.2, 0.25) is 0 Å². The monoisotopic (exact) mass is 289 g/mol. The van der Waals surface area contributed by atoms with Crippen molar-refractivity contribution < 1.29 is 13.2 Å². The van der Waals surface area contributed by atoms with Crippen LogP contribution >= 0.6 is 0 Å². The number of piperazine rings is 1. The van der Waals surface area contributed by atoms with Crippen molar-refractivity contribution in [2.24, 2.45) is 5.92 Å². The van der Waals surface area contributed by atoms with E-state index in [9.17, 15) is 13.2 Å². The molecule has 0 radical (unpaired) electrons. The van der Waals surface area contributed by atoms with Gasteiger partial charge in [-0.1, -0.05) is 13.8 Å². The number of urea groups is 1.